The van der Waals surface area contributed by atoms with Gasteiger partial charge in [0.2, 0.25) is 0 Å². The maximum absolute atomic E-state index is 5.63. The second kappa shape index (κ2) is 6.49. The number of halogens is 1. The van der Waals surface area contributed by atoms with Crippen LogP contribution in [0.2, 0.25) is 0 Å². The van der Waals surface area contributed by atoms with E-state index in [1.54, 1.807) is 11.3 Å². The van der Waals surface area contributed by atoms with Gasteiger partial charge in [-0.05, 0) is 64.6 Å². The Kier molecular flexibility index (Phi) is 4.97. The Labute approximate surface area is 119 Å². The number of nitrogens with one attached hydrogen (secondary N) is 1. The first-order valence-corrected chi connectivity index (χ1v) is 7.49. The number of thiophene rings is 1. The standard InChI is InChI=1S/C13H15IN2S/c14-11-5-3-10(4-6-11)13(16-15)8-7-12-2-1-9-17-12/h1-6,9,13,16H,7-8,15H2. The summed E-state index contributed by atoms with van der Waals surface area (Å²) in [7, 11) is 0. The Morgan fingerprint density at radius 3 is 2.59 bits per heavy atom. The number of rotatable bonds is 5. The summed E-state index contributed by atoms with van der Waals surface area (Å²) in [6.07, 6.45) is 2.09. The Morgan fingerprint density at radius 2 is 2.00 bits per heavy atom. The molecule has 2 rings (SSSR count). The van der Waals surface area contributed by atoms with Gasteiger partial charge in [-0.25, -0.2) is 0 Å². The highest BCUT2D eigenvalue weighted by molar-refractivity contribution is 14.1. The quantitative estimate of drug-likeness (QED) is 0.488. The molecule has 0 amide bonds. The molecule has 1 heterocycles. The zero-order valence-corrected chi connectivity index (χ0v) is 12.4. The van der Waals surface area contributed by atoms with Crippen LogP contribution in [0.15, 0.2) is 41.8 Å². The molecule has 17 heavy (non-hydrogen) atoms. The van der Waals surface area contributed by atoms with Crippen LogP contribution in [-0.2, 0) is 6.42 Å². The number of hydrogen-bond acceptors (Lipinski definition) is 3. The minimum Gasteiger partial charge on any atom is -0.271 e. The third-order valence-corrected chi connectivity index (χ3v) is 4.39. The summed E-state index contributed by atoms with van der Waals surface area (Å²) in [5, 5.41) is 2.12. The molecule has 1 aromatic carbocycles. The summed E-state index contributed by atoms with van der Waals surface area (Å²) in [6, 6.07) is 13.0. The lowest BCUT2D eigenvalue weighted by Crippen LogP contribution is -2.28. The van der Waals surface area contributed by atoms with Gasteiger partial charge in [0.05, 0.1) is 0 Å². The van der Waals surface area contributed by atoms with Gasteiger partial charge in [-0.1, -0.05) is 18.2 Å². The summed E-state index contributed by atoms with van der Waals surface area (Å²) in [6.45, 7) is 0. The van der Waals surface area contributed by atoms with Crippen LogP contribution in [-0.4, -0.2) is 0 Å². The molecule has 4 heteroatoms. The molecule has 0 aliphatic heterocycles. The molecular formula is C13H15IN2S. The molecule has 3 N–H and O–H groups in total. The molecule has 0 saturated carbocycles. The van der Waals surface area contributed by atoms with Crippen molar-refractivity contribution in [3.63, 3.8) is 0 Å². The van der Waals surface area contributed by atoms with Gasteiger partial charge in [-0.15, -0.1) is 11.3 Å². The first kappa shape index (κ1) is 13.0. The number of aryl methyl sites for hydroxylation is 1. The zero-order valence-electron chi connectivity index (χ0n) is 9.40. The van der Waals surface area contributed by atoms with Gasteiger partial charge in [0, 0.05) is 14.5 Å². The van der Waals surface area contributed by atoms with E-state index >= 15 is 0 Å². The Morgan fingerprint density at radius 1 is 1.24 bits per heavy atom. The first-order valence-electron chi connectivity index (χ1n) is 5.53. The average Bonchev–Trinajstić information content (AvgIpc) is 2.85. The molecule has 2 nitrogen and oxygen atoms in total. The Balaban J connectivity index is 1.99. The first-order chi connectivity index (χ1) is 8.29. The highest BCUT2D eigenvalue weighted by atomic mass is 127. The van der Waals surface area contributed by atoms with E-state index in [9.17, 15) is 0 Å². The van der Waals surface area contributed by atoms with Gasteiger partial charge in [0.15, 0.2) is 0 Å². The van der Waals surface area contributed by atoms with Crippen LogP contribution in [0.3, 0.4) is 0 Å². The van der Waals surface area contributed by atoms with E-state index in [1.165, 1.54) is 14.0 Å². The minimum absolute atomic E-state index is 0.231. The van der Waals surface area contributed by atoms with Crippen molar-refractivity contribution < 1.29 is 0 Å². The molecule has 0 spiro atoms. The van der Waals surface area contributed by atoms with E-state index in [-0.39, 0.29) is 6.04 Å². The molecular weight excluding hydrogens is 343 g/mol. The Hall–Kier alpha value is -0.430. The fourth-order valence-electron chi connectivity index (χ4n) is 1.78. The molecule has 0 radical (unpaired) electrons. The van der Waals surface area contributed by atoms with Crippen LogP contribution in [0, 0.1) is 3.57 Å². The number of nitrogens with two attached hydrogens (primary N) is 1. The van der Waals surface area contributed by atoms with Crippen LogP contribution in [0.4, 0.5) is 0 Å². The molecule has 0 fully saturated rings. The zero-order chi connectivity index (χ0) is 12.1. The molecule has 90 valence electrons. The van der Waals surface area contributed by atoms with Crippen molar-refractivity contribution in [2.24, 2.45) is 5.84 Å². The number of hydrazine groups is 1. The SMILES string of the molecule is NNC(CCc1cccs1)c1ccc(I)cc1. The number of benzene rings is 1. The molecule has 0 aliphatic carbocycles. The molecule has 0 aliphatic rings. The third-order valence-electron chi connectivity index (χ3n) is 2.73. The van der Waals surface area contributed by atoms with Crippen molar-refractivity contribution in [2.45, 2.75) is 18.9 Å². The largest absolute Gasteiger partial charge is 0.271 e. The summed E-state index contributed by atoms with van der Waals surface area (Å²) in [5.74, 6) is 5.63. The highest BCUT2D eigenvalue weighted by Crippen LogP contribution is 2.21. The van der Waals surface area contributed by atoms with Crippen molar-refractivity contribution in [3.8, 4) is 0 Å². The van der Waals surface area contributed by atoms with E-state index in [4.69, 9.17) is 5.84 Å². The van der Waals surface area contributed by atoms with Crippen molar-refractivity contribution >= 4 is 33.9 Å². The van der Waals surface area contributed by atoms with Crippen LogP contribution < -0.4 is 11.3 Å². The Bertz CT molecular complexity index is 439. The molecule has 0 saturated heterocycles. The fourth-order valence-corrected chi connectivity index (χ4v) is 2.87. The van der Waals surface area contributed by atoms with Crippen LogP contribution in [0.25, 0.3) is 0 Å². The fraction of sp³-hybridized carbons (Fsp3) is 0.231. The smallest absolute Gasteiger partial charge is 0.0463 e. The summed E-state index contributed by atoms with van der Waals surface area (Å²) >= 11 is 4.12. The van der Waals surface area contributed by atoms with Gasteiger partial charge in [0.25, 0.3) is 0 Å². The topological polar surface area (TPSA) is 38.0 Å². The predicted octanol–water partition coefficient (Wildman–Crippen LogP) is 3.49. The highest BCUT2D eigenvalue weighted by Gasteiger charge is 2.09. The van der Waals surface area contributed by atoms with E-state index in [0.29, 0.717) is 0 Å². The summed E-state index contributed by atoms with van der Waals surface area (Å²) < 4.78 is 1.25. The van der Waals surface area contributed by atoms with Crippen molar-refractivity contribution in [3.05, 3.63) is 55.8 Å². The van der Waals surface area contributed by atoms with Gasteiger partial charge < -0.3 is 0 Å². The average molecular weight is 358 g/mol. The van der Waals surface area contributed by atoms with Crippen LogP contribution >= 0.6 is 33.9 Å². The van der Waals surface area contributed by atoms with Gasteiger partial charge in [-0.3, -0.25) is 11.3 Å². The molecule has 1 atom stereocenters. The van der Waals surface area contributed by atoms with Gasteiger partial charge in [0.1, 0.15) is 0 Å². The maximum atomic E-state index is 5.63. The third kappa shape index (κ3) is 3.77. The minimum atomic E-state index is 0.231. The second-order valence-corrected chi connectivity index (χ2v) is 6.17. The molecule has 0 bridgehead atoms. The lowest BCUT2D eigenvalue weighted by molar-refractivity contribution is 0.518. The molecule has 1 aromatic heterocycles. The number of hydrogen-bond donors (Lipinski definition) is 2. The van der Waals surface area contributed by atoms with E-state index in [1.807, 2.05) is 0 Å². The summed E-state index contributed by atoms with van der Waals surface area (Å²) in [5.41, 5.74) is 4.16. The van der Waals surface area contributed by atoms with Gasteiger partial charge >= 0.3 is 0 Å². The van der Waals surface area contributed by atoms with Crippen LogP contribution in [0.5, 0.6) is 0 Å². The predicted molar refractivity (Wildman–Crippen MR) is 81.9 cm³/mol. The second-order valence-electron chi connectivity index (χ2n) is 3.89. The van der Waals surface area contributed by atoms with Crippen molar-refractivity contribution in [1.29, 1.82) is 0 Å². The van der Waals surface area contributed by atoms with E-state index in [2.05, 4.69) is 69.8 Å². The van der Waals surface area contributed by atoms with Crippen LogP contribution in [0.1, 0.15) is 22.9 Å². The maximum Gasteiger partial charge on any atom is 0.0463 e. The normalized spacial score (nSPS) is 12.6. The van der Waals surface area contributed by atoms with E-state index in [0.717, 1.165) is 12.8 Å². The van der Waals surface area contributed by atoms with Gasteiger partial charge in [-0.2, -0.15) is 0 Å². The monoisotopic (exact) mass is 358 g/mol. The molecule has 2 aromatic rings. The lowest BCUT2D eigenvalue weighted by Gasteiger charge is -2.15. The van der Waals surface area contributed by atoms with Crippen molar-refractivity contribution in [1.82, 2.24) is 5.43 Å². The lowest BCUT2D eigenvalue weighted by atomic mass is 10.0. The van der Waals surface area contributed by atoms with Crippen molar-refractivity contribution in [2.75, 3.05) is 0 Å². The van der Waals surface area contributed by atoms with E-state index < -0.39 is 0 Å². The molecule has 1 unspecified atom stereocenters. The summed E-state index contributed by atoms with van der Waals surface area (Å²) in [4.78, 5) is 1.41.